The molecule has 1 aromatic rings. The monoisotopic (exact) mass is 230 g/mol. The Labute approximate surface area is 100 Å². The van der Waals surface area contributed by atoms with Gasteiger partial charge in [-0.25, -0.2) is 0 Å². The standard InChI is InChI=1S/C13H14N2O2/c1-13(2,3)12(17)15-11-9(7-14)5-4-6-10(11)8-16/h4-6,8H,1-3H3,(H,15,17). The molecule has 0 bridgehead atoms. The van der Waals surface area contributed by atoms with Gasteiger partial charge in [-0.15, -0.1) is 0 Å². The molecule has 0 aliphatic rings. The number of hydrogen-bond acceptors (Lipinski definition) is 3. The molecule has 0 radical (unpaired) electrons. The molecule has 0 unspecified atom stereocenters. The summed E-state index contributed by atoms with van der Waals surface area (Å²) in [7, 11) is 0. The molecular weight excluding hydrogens is 216 g/mol. The predicted molar refractivity (Wildman–Crippen MR) is 64.6 cm³/mol. The second-order valence-electron chi connectivity index (χ2n) is 4.70. The molecule has 1 N–H and O–H groups in total. The summed E-state index contributed by atoms with van der Waals surface area (Å²) in [5.41, 5.74) is 0.293. The van der Waals surface area contributed by atoms with Crippen LogP contribution in [0, 0.1) is 16.7 Å². The minimum atomic E-state index is -0.581. The van der Waals surface area contributed by atoms with Crippen molar-refractivity contribution in [1.29, 1.82) is 5.26 Å². The fourth-order valence-electron chi connectivity index (χ4n) is 1.20. The topological polar surface area (TPSA) is 70.0 Å². The SMILES string of the molecule is CC(C)(C)C(=O)Nc1c(C#N)cccc1C=O. The average Bonchev–Trinajstić information content (AvgIpc) is 2.28. The van der Waals surface area contributed by atoms with E-state index in [1.165, 1.54) is 0 Å². The van der Waals surface area contributed by atoms with Gasteiger partial charge in [0.05, 0.1) is 11.3 Å². The Bertz CT molecular complexity index is 493. The summed E-state index contributed by atoms with van der Waals surface area (Å²) >= 11 is 0. The molecule has 0 spiro atoms. The van der Waals surface area contributed by atoms with E-state index in [-0.39, 0.29) is 17.2 Å². The Morgan fingerprint density at radius 2 is 2.06 bits per heavy atom. The van der Waals surface area contributed by atoms with E-state index in [0.29, 0.717) is 11.8 Å². The highest BCUT2D eigenvalue weighted by molar-refractivity contribution is 6.00. The molecule has 17 heavy (non-hydrogen) atoms. The van der Waals surface area contributed by atoms with Crippen molar-refractivity contribution in [3.8, 4) is 6.07 Å². The van der Waals surface area contributed by atoms with Crippen molar-refractivity contribution in [3.05, 3.63) is 29.3 Å². The first kappa shape index (κ1) is 12.9. The number of nitriles is 1. The minimum absolute atomic E-state index is 0.233. The molecule has 0 atom stereocenters. The van der Waals surface area contributed by atoms with Gasteiger partial charge in [0.15, 0.2) is 6.29 Å². The van der Waals surface area contributed by atoms with Crippen molar-refractivity contribution >= 4 is 17.9 Å². The second-order valence-corrected chi connectivity index (χ2v) is 4.70. The van der Waals surface area contributed by atoms with Crippen molar-refractivity contribution < 1.29 is 9.59 Å². The van der Waals surface area contributed by atoms with E-state index < -0.39 is 5.41 Å². The zero-order chi connectivity index (χ0) is 13.1. The van der Waals surface area contributed by atoms with Crippen LogP contribution in [0.4, 0.5) is 5.69 Å². The van der Waals surface area contributed by atoms with Crippen LogP contribution in [0.15, 0.2) is 18.2 Å². The lowest BCUT2D eigenvalue weighted by Gasteiger charge is -2.19. The number of anilines is 1. The predicted octanol–water partition coefficient (Wildman–Crippen LogP) is 2.36. The van der Waals surface area contributed by atoms with Crippen LogP contribution in [0.3, 0.4) is 0 Å². The highest BCUT2D eigenvalue weighted by atomic mass is 16.2. The maximum atomic E-state index is 11.8. The smallest absolute Gasteiger partial charge is 0.229 e. The van der Waals surface area contributed by atoms with E-state index in [1.807, 2.05) is 6.07 Å². The Morgan fingerprint density at radius 1 is 1.41 bits per heavy atom. The number of para-hydroxylation sites is 1. The Balaban J connectivity index is 3.18. The third-order valence-corrected chi connectivity index (χ3v) is 2.26. The quantitative estimate of drug-likeness (QED) is 0.793. The maximum Gasteiger partial charge on any atom is 0.229 e. The molecular formula is C13H14N2O2. The molecule has 0 aliphatic carbocycles. The Hall–Kier alpha value is -2.15. The molecule has 88 valence electrons. The van der Waals surface area contributed by atoms with E-state index in [0.717, 1.165) is 0 Å². The van der Waals surface area contributed by atoms with Crippen molar-refractivity contribution in [2.24, 2.45) is 5.41 Å². The number of rotatable bonds is 2. The molecule has 1 rings (SSSR count). The summed E-state index contributed by atoms with van der Waals surface area (Å²) in [6.07, 6.45) is 0.624. The molecule has 0 heterocycles. The number of benzene rings is 1. The van der Waals surface area contributed by atoms with Gasteiger partial charge >= 0.3 is 0 Å². The zero-order valence-corrected chi connectivity index (χ0v) is 10.1. The number of nitrogens with zero attached hydrogens (tertiary/aromatic N) is 1. The van der Waals surface area contributed by atoms with E-state index >= 15 is 0 Å². The van der Waals surface area contributed by atoms with E-state index in [2.05, 4.69) is 5.32 Å². The fourth-order valence-corrected chi connectivity index (χ4v) is 1.20. The molecule has 4 nitrogen and oxygen atoms in total. The fraction of sp³-hybridized carbons (Fsp3) is 0.308. The summed E-state index contributed by atoms with van der Waals surface area (Å²) < 4.78 is 0. The van der Waals surface area contributed by atoms with Crippen LogP contribution in [0.25, 0.3) is 0 Å². The first-order chi connectivity index (χ1) is 7.90. The summed E-state index contributed by atoms with van der Waals surface area (Å²) in [6, 6.07) is 6.68. The average molecular weight is 230 g/mol. The van der Waals surface area contributed by atoms with E-state index in [1.54, 1.807) is 39.0 Å². The van der Waals surface area contributed by atoms with Gasteiger partial charge < -0.3 is 5.32 Å². The van der Waals surface area contributed by atoms with Gasteiger partial charge in [0.25, 0.3) is 0 Å². The van der Waals surface area contributed by atoms with Crippen molar-refractivity contribution in [2.45, 2.75) is 20.8 Å². The summed E-state index contributed by atoms with van der Waals surface area (Å²) in [5.74, 6) is -0.233. The highest BCUT2D eigenvalue weighted by Gasteiger charge is 2.23. The lowest BCUT2D eigenvalue weighted by Crippen LogP contribution is -2.28. The van der Waals surface area contributed by atoms with Crippen LogP contribution in [0.2, 0.25) is 0 Å². The minimum Gasteiger partial charge on any atom is -0.324 e. The first-order valence-electron chi connectivity index (χ1n) is 5.20. The summed E-state index contributed by atoms with van der Waals surface area (Å²) in [6.45, 7) is 5.29. The van der Waals surface area contributed by atoms with Crippen molar-refractivity contribution in [3.63, 3.8) is 0 Å². The van der Waals surface area contributed by atoms with Gasteiger partial charge in [0.2, 0.25) is 5.91 Å². The molecule has 0 aliphatic heterocycles. The highest BCUT2D eigenvalue weighted by Crippen LogP contribution is 2.22. The summed E-state index contributed by atoms with van der Waals surface area (Å²) in [5, 5.41) is 11.6. The number of nitrogens with one attached hydrogen (secondary N) is 1. The number of aldehydes is 1. The molecule has 1 aromatic carbocycles. The first-order valence-corrected chi connectivity index (χ1v) is 5.20. The van der Waals surface area contributed by atoms with Crippen LogP contribution >= 0.6 is 0 Å². The van der Waals surface area contributed by atoms with Gasteiger partial charge in [0.1, 0.15) is 6.07 Å². The number of hydrogen-bond donors (Lipinski definition) is 1. The van der Waals surface area contributed by atoms with Gasteiger partial charge in [-0.1, -0.05) is 26.8 Å². The Morgan fingerprint density at radius 3 is 2.53 bits per heavy atom. The molecule has 1 amide bonds. The molecule has 0 fully saturated rings. The van der Waals surface area contributed by atoms with Crippen molar-refractivity contribution in [1.82, 2.24) is 0 Å². The Kier molecular flexibility index (Phi) is 3.64. The molecule has 0 saturated carbocycles. The largest absolute Gasteiger partial charge is 0.324 e. The summed E-state index contributed by atoms with van der Waals surface area (Å²) in [4.78, 5) is 22.7. The molecule has 0 saturated heterocycles. The maximum absolute atomic E-state index is 11.8. The number of amides is 1. The molecule has 4 heteroatoms. The van der Waals surface area contributed by atoms with E-state index in [9.17, 15) is 9.59 Å². The van der Waals surface area contributed by atoms with Crippen LogP contribution in [0.5, 0.6) is 0 Å². The van der Waals surface area contributed by atoms with Crippen LogP contribution in [0.1, 0.15) is 36.7 Å². The third kappa shape index (κ3) is 2.91. The van der Waals surface area contributed by atoms with Gasteiger partial charge in [0, 0.05) is 11.0 Å². The third-order valence-electron chi connectivity index (χ3n) is 2.26. The number of carbonyl (C=O) groups is 2. The van der Waals surface area contributed by atoms with Crippen LogP contribution < -0.4 is 5.32 Å². The lowest BCUT2D eigenvalue weighted by atomic mass is 9.95. The van der Waals surface area contributed by atoms with Crippen LogP contribution in [-0.2, 0) is 4.79 Å². The molecule has 0 aromatic heterocycles. The van der Waals surface area contributed by atoms with Gasteiger partial charge in [-0.2, -0.15) is 5.26 Å². The second kappa shape index (κ2) is 4.79. The number of carbonyl (C=O) groups excluding carboxylic acids is 2. The van der Waals surface area contributed by atoms with E-state index in [4.69, 9.17) is 5.26 Å². The lowest BCUT2D eigenvalue weighted by molar-refractivity contribution is -0.123. The zero-order valence-electron chi connectivity index (χ0n) is 10.1. The van der Waals surface area contributed by atoms with Gasteiger partial charge in [-0.3, -0.25) is 9.59 Å². The van der Waals surface area contributed by atoms with Crippen LogP contribution in [-0.4, -0.2) is 12.2 Å². The normalized spacial score (nSPS) is 10.5. The van der Waals surface area contributed by atoms with Crippen molar-refractivity contribution in [2.75, 3.05) is 5.32 Å². The van der Waals surface area contributed by atoms with Gasteiger partial charge in [-0.05, 0) is 12.1 Å².